The number of methoxy groups -OCH3 is 4. The first kappa shape index (κ1) is 17.5. The van der Waals surface area contributed by atoms with Crippen molar-refractivity contribution in [3.63, 3.8) is 0 Å². The van der Waals surface area contributed by atoms with Crippen LogP contribution in [0.1, 0.15) is 11.1 Å². The van der Waals surface area contributed by atoms with Crippen LogP contribution in [0.15, 0.2) is 22.2 Å². The summed E-state index contributed by atoms with van der Waals surface area (Å²) >= 11 is 26.5. The zero-order chi connectivity index (χ0) is 17.2. The van der Waals surface area contributed by atoms with Crippen LogP contribution in [0.5, 0.6) is 11.5 Å². The Bertz CT molecular complexity index is 722. The van der Waals surface area contributed by atoms with E-state index < -0.39 is 15.5 Å². The Kier molecular flexibility index (Phi) is 4.04. The smallest absolute Gasteiger partial charge is 0.207 e. The van der Waals surface area contributed by atoms with Gasteiger partial charge in [0.2, 0.25) is 5.06 Å². The highest BCUT2D eigenvalue weighted by atomic mass is 35.5. The lowest BCUT2D eigenvalue weighted by Gasteiger charge is -2.53. The molecular formula is C15H14Cl4O4. The number of fused-ring (bicyclic) bond motifs is 3. The Morgan fingerprint density at radius 1 is 0.783 bits per heavy atom. The van der Waals surface area contributed by atoms with Crippen LogP contribution in [0.2, 0.25) is 0 Å². The predicted octanol–water partition coefficient (Wildman–Crippen LogP) is 4.28. The van der Waals surface area contributed by atoms with Crippen LogP contribution in [0.25, 0.3) is 0 Å². The lowest BCUT2D eigenvalue weighted by Crippen LogP contribution is -2.63. The maximum Gasteiger partial charge on any atom is 0.207 e. The Labute approximate surface area is 154 Å². The largest absolute Gasteiger partial charge is 0.496 e. The number of rotatable bonds is 4. The zero-order valence-corrected chi connectivity index (χ0v) is 15.8. The summed E-state index contributed by atoms with van der Waals surface area (Å²) in [5.74, 6) is 0.955. The molecule has 2 aliphatic carbocycles. The van der Waals surface area contributed by atoms with Crippen LogP contribution >= 0.6 is 46.4 Å². The van der Waals surface area contributed by atoms with Crippen LogP contribution in [-0.2, 0) is 19.4 Å². The summed E-state index contributed by atoms with van der Waals surface area (Å²) in [5.41, 5.74) is -0.399. The van der Waals surface area contributed by atoms with Crippen LogP contribution < -0.4 is 9.47 Å². The van der Waals surface area contributed by atoms with Gasteiger partial charge in [0.15, 0.2) is 5.60 Å². The van der Waals surface area contributed by atoms with Gasteiger partial charge in [-0.2, -0.15) is 0 Å². The van der Waals surface area contributed by atoms with Gasteiger partial charge in [-0.25, -0.2) is 0 Å². The molecular weight excluding hydrogens is 386 g/mol. The van der Waals surface area contributed by atoms with Crippen molar-refractivity contribution in [2.75, 3.05) is 28.4 Å². The van der Waals surface area contributed by atoms with E-state index in [4.69, 9.17) is 65.4 Å². The highest BCUT2D eigenvalue weighted by Crippen LogP contribution is 2.77. The first-order chi connectivity index (χ1) is 10.8. The number of alkyl halides is 2. The minimum atomic E-state index is -1.53. The fourth-order valence-corrected chi connectivity index (χ4v) is 5.68. The SMILES string of the molecule is COc1ccc(OC)c2c1C(Cl)(OC)C1(OC)C(Cl)=C(Cl)C21Cl. The minimum Gasteiger partial charge on any atom is -0.496 e. The zero-order valence-electron chi connectivity index (χ0n) is 12.8. The molecule has 0 fully saturated rings. The molecule has 0 aliphatic heterocycles. The van der Waals surface area contributed by atoms with Crippen molar-refractivity contribution in [2.24, 2.45) is 0 Å². The summed E-state index contributed by atoms with van der Waals surface area (Å²) < 4.78 is 22.2. The topological polar surface area (TPSA) is 36.9 Å². The number of hydrogen-bond donors (Lipinski definition) is 0. The van der Waals surface area contributed by atoms with E-state index >= 15 is 0 Å². The van der Waals surface area contributed by atoms with Crippen LogP contribution in [0, 0.1) is 0 Å². The molecule has 0 radical (unpaired) electrons. The molecule has 0 saturated carbocycles. The fraction of sp³-hybridized carbons (Fsp3) is 0.467. The molecule has 1 aromatic rings. The van der Waals surface area contributed by atoms with Crippen LogP contribution in [0.4, 0.5) is 0 Å². The van der Waals surface area contributed by atoms with Crippen molar-refractivity contribution in [3.8, 4) is 11.5 Å². The van der Waals surface area contributed by atoms with Gasteiger partial charge in [0.25, 0.3) is 0 Å². The second-order valence-corrected chi connectivity index (χ2v) is 7.05. The van der Waals surface area contributed by atoms with Gasteiger partial charge in [-0.3, -0.25) is 0 Å². The highest BCUT2D eigenvalue weighted by molar-refractivity contribution is 6.51. The third kappa shape index (κ3) is 1.58. The first-order valence-corrected chi connectivity index (χ1v) is 8.13. The molecule has 3 unspecified atom stereocenters. The van der Waals surface area contributed by atoms with Gasteiger partial charge < -0.3 is 18.9 Å². The Morgan fingerprint density at radius 3 is 1.74 bits per heavy atom. The molecule has 0 heterocycles. The van der Waals surface area contributed by atoms with Crippen molar-refractivity contribution in [2.45, 2.75) is 15.5 Å². The Hall–Kier alpha value is -0.360. The van der Waals surface area contributed by atoms with Gasteiger partial charge in [-0.1, -0.05) is 34.8 Å². The number of hydrogen-bond acceptors (Lipinski definition) is 4. The molecule has 0 aromatic heterocycles. The number of halogens is 4. The Balaban J connectivity index is 2.49. The van der Waals surface area contributed by atoms with E-state index in [1.54, 1.807) is 12.1 Å². The van der Waals surface area contributed by atoms with Gasteiger partial charge >= 0.3 is 0 Å². The fourth-order valence-electron chi connectivity index (χ4n) is 3.55. The number of benzene rings is 1. The summed E-state index contributed by atoms with van der Waals surface area (Å²) in [6, 6.07) is 3.43. The average Bonchev–Trinajstić information content (AvgIpc) is 2.75. The quantitative estimate of drug-likeness (QED) is 0.708. The summed E-state index contributed by atoms with van der Waals surface area (Å²) in [7, 11) is 5.93. The molecule has 3 rings (SSSR count). The Morgan fingerprint density at radius 2 is 1.30 bits per heavy atom. The van der Waals surface area contributed by atoms with Crippen molar-refractivity contribution in [1.82, 2.24) is 0 Å². The second-order valence-electron chi connectivity index (χ2n) is 5.19. The summed E-state index contributed by atoms with van der Waals surface area (Å²) in [6.45, 7) is 0. The number of ether oxygens (including phenoxy) is 4. The van der Waals surface area contributed by atoms with Gasteiger partial charge in [-0.05, 0) is 12.1 Å². The standard InChI is InChI=1S/C15H14Cl4O4/c1-20-7-5-6-8(21-2)10-9(7)13(18)11(16)12(17)14(13,22-3)15(10,19)23-4/h5-6H,1-4H3. The second kappa shape index (κ2) is 5.32. The molecule has 0 amide bonds. The first-order valence-electron chi connectivity index (χ1n) is 6.62. The van der Waals surface area contributed by atoms with E-state index in [-0.39, 0.29) is 10.1 Å². The molecule has 0 saturated heterocycles. The van der Waals surface area contributed by atoms with Crippen LogP contribution in [-0.4, -0.2) is 34.0 Å². The summed E-state index contributed by atoms with van der Waals surface area (Å²) in [6.07, 6.45) is 0. The van der Waals surface area contributed by atoms with Crippen LogP contribution in [0.3, 0.4) is 0 Å². The van der Waals surface area contributed by atoms with Gasteiger partial charge in [0.1, 0.15) is 16.4 Å². The van der Waals surface area contributed by atoms with E-state index in [0.717, 1.165) is 0 Å². The van der Waals surface area contributed by atoms with Crippen molar-refractivity contribution in [1.29, 1.82) is 0 Å². The normalized spacial score (nSPS) is 34.8. The molecule has 0 spiro atoms. The monoisotopic (exact) mass is 398 g/mol. The molecule has 0 N–H and O–H groups in total. The van der Waals surface area contributed by atoms with E-state index in [2.05, 4.69) is 0 Å². The molecule has 8 heteroatoms. The molecule has 126 valence electrons. The van der Waals surface area contributed by atoms with E-state index in [1.807, 2.05) is 0 Å². The van der Waals surface area contributed by atoms with Gasteiger partial charge in [0.05, 0.1) is 29.8 Å². The summed E-state index contributed by atoms with van der Waals surface area (Å²) in [4.78, 5) is -1.34. The minimum absolute atomic E-state index is 0.189. The van der Waals surface area contributed by atoms with Crippen molar-refractivity contribution >= 4 is 46.4 Å². The molecule has 4 nitrogen and oxygen atoms in total. The highest BCUT2D eigenvalue weighted by Gasteiger charge is 2.82. The maximum atomic E-state index is 6.91. The van der Waals surface area contributed by atoms with E-state index in [9.17, 15) is 0 Å². The lowest BCUT2D eigenvalue weighted by molar-refractivity contribution is -0.136. The average molecular weight is 400 g/mol. The van der Waals surface area contributed by atoms with Crippen molar-refractivity contribution < 1.29 is 18.9 Å². The third-order valence-electron chi connectivity index (χ3n) is 4.56. The lowest BCUT2D eigenvalue weighted by atomic mass is 9.74. The van der Waals surface area contributed by atoms with E-state index in [0.29, 0.717) is 22.6 Å². The third-order valence-corrected chi connectivity index (χ3v) is 6.94. The van der Waals surface area contributed by atoms with E-state index in [1.165, 1.54) is 28.4 Å². The van der Waals surface area contributed by atoms with Gasteiger partial charge in [-0.15, -0.1) is 11.6 Å². The molecule has 3 atom stereocenters. The maximum absolute atomic E-state index is 6.91. The van der Waals surface area contributed by atoms with Gasteiger partial charge in [0, 0.05) is 19.8 Å². The molecule has 2 aliphatic rings. The summed E-state index contributed by atoms with van der Waals surface area (Å²) in [5, 5.41) is -1.13. The molecule has 23 heavy (non-hydrogen) atoms. The molecule has 1 aromatic carbocycles. The molecule has 0 bridgehead atoms. The predicted molar refractivity (Wildman–Crippen MR) is 90.1 cm³/mol. The van der Waals surface area contributed by atoms with Crippen molar-refractivity contribution in [3.05, 3.63) is 33.3 Å².